The Hall–Kier alpha value is -4.64. The van der Waals surface area contributed by atoms with Crippen LogP contribution in [-0.2, 0) is 47.6 Å². The largest absolute Gasteiger partial charge is 0.460 e. The molecular formula is C41H53NO15. The highest BCUT2D eigenvalue weighted by Gasteiger charge is 2.78. The molecule has 3 aliphatic carbocycles. The number of alkyl carbamates (subject to hydrolysis) is 1. The van der Waals surface area contributed by atoms with Gasteiger partial charge in [0.1, 0.15) is 30.5 Å². The van der Waals surface area contributed by atoms with Crippen LogP contribution in [0.2, 0.25) is 0 Å². The Kier molecular flexibility index (Phi) is 12.2. The molecule has 16 nitrogen and oxygen atoms in total. The Balaban J connectivity index is 1.74. The number of ether oxygens (including phenoxy) is 6. The van der Waals surface area contributed by atoms with Crippen molar-refractivity contribution in [3.05, 3.63) is 59.9 Å². The minimum Gasteiger partial charge on any atom is -0.460 e. The quantitative estimate of drug-likeness (QED) is 0.143. The van der Waals surface area contributed by atoms with Gasteiger partial charge in [-0.05, 0) is 30.5 Å². The maximum Gasteiger partial charge on any atom is 0.407 e. The van der Waals surface area contributed by atoms with E-state index in [1.165, 1.54) is 25.1 Å². The molecule has 5 rings (SSSR count). The minimum atomic E-state index is -2.37. The molecule has 2 unspecified atom stereocenters. The number of amides is 1. The van der Waals surface area contributed by atoms with E-state index in [-0.39, 0.29) is 30.8 Å². The summed E-state index contributed by atoms with van der Waals surface area (Å²) in [6, 6.07) is 6.60. The van der Waals surface area contributed by atoms with Crippen LogP contribution in [0.25, 0.3) is 0 Å². The number of aliphatic hydroxyl groups is 3. The van der Waals surface area contributed by atoms with E-state index in [2.05, 4.69) is 11.9 Å². The van der Waals surface area contributed by atoms with Crippen molar-refractivity contribution in [2.45, 2.75) is 116 Å². The lowest BCUT2D eigenvalue weighted by atomic mass is 9.45. The van der Waals surface area contributed by atoms with Crippen LogP contribution in [0.5, 0.6) is 0 Å². The van der Waals surface area contributed by atoms with Crippen molar-refractivity contribution >= 4 is 35.8 Å². The summed E-state index contributed by atoms with van der Waals surface area (Å²) in [6.45, 7) is 14.6. The predicted octanol–water partition coefficient (Wildman–Crippen LogP) is 2.71. The van der Waals surface area contributed by atoms with Crippen molar-refractivity contribution in [3.63, 3.8) is 0 Å². The standard InChI is InChI=1S/C41H53NO15/c1-10-16-52-37(50)42-29(20(2)3)30(46)36(49)55-25-18-41(51)34(56-35(48)24-14-12-11-13-15-24)32-39(9,26(45)17-27-40(32,19-53-27)57-23(6)44)33(47)31(54-22(5)43)28(21(25)4)38(41,7)8/h10-15,20-21,25-27,29-30,32,34,45-46,51H,1,16-19H2,2-9H3,(H,42,50)/t21?,25?,26-,27+,29-,30+,32-,34-,39+,40-,41+/m0/s1. The van der Waals surface area contributed by atoms with Gasteiger partial charge in [-0.3, -0.25) is 14.4 Å². The van der Waals surface area contributed by atoms with Crippen molar-refractivity contribution in [2.24, 2.45) is 28.6 Å². The lowest BCUT2D eigenvalue weighted by Gasteiger charge is -2.67. The van der Waals surface area contributed by atoms with Gasteiger partial charge in [0.2, 0.25) is 5.78 Å². The van der Waals surface area contributed by atoms with E-state index < -0.39 is 124 Å². The minimum absolute atomic E-state index is 0.00330. The highest BCUT2D eigenvalue weighted by atomic mass is 16.6. The van der Waals surface area contributed by atoms with Gasteiger partial charge in [0, 0.05) is 38.0 Å². The molecule has 0 spiro atoms. The van der Waals surface area contributed by atoms with Crippen molar-refractivity contribution in [1.29, 1.82) is 0 Å². The molecule has 2 bridgehead atoms. The molecule has 4 aliphatic rings. The van der Waals surface area contributed by atoms with E-state index in [1.54, 1.807) is 52.8 Å². The molecule has 1 aromatic rings. The van der Waals surface area contributed by atoms with Gasteiger partial charge in [0.25, 0.3) is 0 Å². The molecule has 2 saturated carbocycles. The van der Waals surface area contributed by atoms with Gasteiger partial charge in [0.05, 0.1) is 35.6 Å². The monoisotopic (exact) mass is 799 g/mol. The molecule has 11 atom stereocenters. The molecular weight excluding hydrogens is 746 g/mol. The van der Waals surface area contributed by atoms with Gasteiger partial charge in [0.15, 0.2) is 17.5 Å². The molecule has 0 radical (unpaired) electrons. The van der Waals surface area contributed by atoms with Gasteiger partial charge in [-0.2, -0.15) is 0 Å². The first-order chi connectivity index (χ1) is 26.6. The number of esters is 4. The van der Waals surface area contributed by atoms with E-state index in [4.69, 9.17) is 28.4 Å². The van der Waals surface area contributed by atoms with Crippen LogP contribution in [0.1, 0.15) is 78.6 Å². The second-order valence-corrected chi connectivity index (χ2v) is 16.5. The summed E-state index contributed by atoms with van der Waals surface area (Å²) in [4.78, 5) is 81.5. The predicted molar refractivity (Wildman–Crippen MR) is 198 cm³/mol. The zero-order valence-corrected chi connectivity index (χ0v) is 33.4. The maximum atomic E-state index is 15.3. The highest BCUT2D eigenvalue weighted by Crippen LogP contribution is 2.65. The van der Waals surface area contributed by atoms with E-state index in [0.717, 1.165) is 13.8 Å². The first-order valence-corrected chi connectivity index (χ1v) is 19.0. The van der Waals surface area contributed by atoms with Crippen LogP contribution in [0, 0.1) is 28.6 Å². The van der Waals surface area contributed by atoms with Gasteiger partial charge < -0.3 is 49.1 Å². The molecule has 3 fully saturated rings. The number of benzene rings is 1. The van der Waals surface area contributed by atoms with E-state index in [9.17, 15) is 39.3 Å². The SMILES string of the molecule is C=CCOC(=O)N[C@@H](C(C)C)[C@@H](O)C(=O)OC1C[C@@]2(O)[C@@H](OC(=O)c3ccccc3)[C@@H]3[C@]4(OC(C)=O)CO[C@@H]4C[C@H](O)[C@@]3(C)C(=O)C(OC(C)=O)=C(C1C)C2(C)C. The number of rotatable bonds is 11. The summed E-state index contributed by atoms with van der Waals surface area (Å²) in [7, 11) is 0. The number of Topliss-reactive ketones (excluding diaryl/α,β-unsaturated/α-hetero) is 1. The summed E-state index contributed by atoms with van der Waals surface area (Å²) in [5.74, 6) is -8.41. The highest BCUT2D eigenvalue weighted by molar-refractivity contribution is 6.02. The second kappa shape index (κ2) is 16.0. The lowest BCUT2D eigenvalue weighted by molar-refractivity contribution is -0.345. The molecule has 57 heavy (non-hydrogen) atoms. The van der Waals surface area contributed by atoms with Crippen LogP contribution in [-0.4, -0.2) is 112 Å². The first-order valence-electron chi connectivity index (χ1n) is 19.0. The number of aliphatic hydroxyl groups excluding tert-OH is 2. The Labute approximate surface area is 330 Å². The van der Waals surface area contributed by atoms with Crippen molar-refractivity contribution in [2.75, 3.05) is 13.2 Å². The van der Waals surface area contributed by atoms with Crippen LogP contribution >= 0.6 is 0 Å². The third-order valence-corrected chi connectivity index (χ3v) is 12.4. The average molecular weight is 800 g/mol. The van der Waals surface area contributed by atoms with Crippen LogP contribution in [0.3, 0.4) is 0 Å². The van der Waals surface area contributed by atoms with Gasteiger partial charge in [-0.25, -0.2) is 14.4 Å². The first kappa shape index (κ1) is 43.5. The molecule has 16 heteroatoms. The molecule has 1 aliphatic heterocycles. The van der Waals surface area contributed by atoms with Gasteiger partial charge in [-0.1, -0.05) is 65.5 Å². The topological polar surface area (TPSA) is 231 Å². The smallest absolute Gasteiger partial charge is 0.407 e. The number of carbonyl (C=O) groups is 6. The number of hydrogen-bond acceptors (Lipinski definition) is 15. The fourth-order valence-electron chi connectivity index (χ4n) is 9.31. The molecule has 0 aromatic heterocycles. The average Bonchev–Trinajstić information content (AvgIpc) is 3.13. The van der Waals surface area contributed by atoms with Gasteiger partial charge >= 0.3 is 30.0 Å². The summed E-state index contributed by atoms with van der Waals surface area (Å²) >= 11 is 0. The molecule has 1 saturated heterocycles. The summed E-state index contributed by atoms with van der Waals surface area (Å²) < 4.78 is 34.9. The molecule has 1 aromatic carbocycles. The molecule has 1 amide bonds. The summed E-state index contributed by atoms with van der Waals surface area (Å²) in [5, 5.41) is 39.2. The summed E-state index contributed by atoms with van der Waals surface area (Å²) in [5.41, 5.74) is -7.79. The van der Waals surface area contributed by atoms with E-state index >= 15 is 4.79 Å². The number of allylic oxidation sites excluding steroid dienone is 1. The van der Waals surface area contributed by atoms with Crippen LogP contribution in [0.15, 0.2) is 54.3 Å². The fourth-order valence-corrected chi connectivity index (χ4v) is 9.31. The Morgan fingerprint density at radius 3 is 2.25 bits per heavy atom. The molecule has 1 heterocycles. The zero-order chi connectivity index (χ0) is 42.4. The Morgan fingerprint density at radius 1 is 1.05 bits per heavy atom. The van der Waals surface area contributed by atoms with Crippen LogP contribution < -0.4 is 5.32 Å². The lowest BCUT2D eigenvalue weighted by Crippen LogP contribution is -2.81. The molecule has 4 N–H and O–H groups in total. The van der Waals surface area contributed by atoms with E-state index in [0.29, 0.717) is 0 Å². The third kappa shape index (κ3) is 7.36. The number of nitrogens with one attached hydrogen (secondary N) is 1. The van der Waals surface area contributed by atoms with Gasteiger partial charge in [-0.15, -0.1) is 0 Å². The number of ketones is 1. The number of carbonyl (C=O) groups excluding carboxylic acids is 6. The Bertz CT molecular complexity index is 1820. The van der Waals surface area contributed by atoms with E-state index in [1.807, 2.05) is 0 Å². The second-order valence-electron chi connectivity index (χ2n) is 16.5. The van der Waals surface area contributed by atoms with Crippen LogP contribution in [0.4, 0.5) is 4.79 Å². The fraction of sp³-hybridized carbons (Fsp3) is 0.610. The number of fused-ring (bicyclic) bond motifs is 5. The number of hydrogen-bond donors (Lipinski definition) is 4. The van der Waals surface area contributed by atoms with Crippen molar-refractivity contribution < 1.29 is 72.5 Å². The molecule has 312 valence electrons. The Morgan fingerprint density at radius 2 is 1.70 bits per heavy atom. The summed E-state index contributed by atoms with van der Waals surface area (Å²) in [6.07, 6.45) is -8.09. The maximum absolute atomic E-state index is 15.3. The van der Waals surface area contributed by atoms with Crippen molar-refractivity contribution in [1.82, 2.24) is 5.32 Å². The zero-order valence-electron chi connectivity index (χ0n) is 33.4. The third-order valence-electron chi connectivity index (χ3n) is 12.4. The normalized spacial score (nSPS) is 33.7. The van der Waals surface area contributed by atoms with Crippen molar-refractivity contribution in [3.8, 4) is 0 Å².